The molecule has 2 unspecified atom stereocenters. The van der Waals surface area contributed by atoms with Gasteiger partial charge >= 0.3 is 11.9 Å². The Morgan fingerprint density at radius 2 is 0.535 bits per heavy atom. The number of carboxylic acids is 1. The van der Waals surface area contributed by atoms with Gasteiger partial charge in [-0.05, 0) is 135 Å². The van der Waals surface area contributed by atoms with E-state index in [-0.39, 0.29) is 38.6 Å². The summed E-state index contributed by atoms with van der Waals surface area (Å²) in [5, 5.41) is 11.9. The van der Waals surface area contributed by atoms with E-state index in [4.69, 9.17) is 18.9 Å². The zero-order valence-corrected chi connectivity index (χ0v) is 65.5. The molecule has 0 bridgehead atoms. The Hall–Kier alpha value is -5.61. The van der Waals surface area contributed by atoms with Crippen molar-refractivity contribution < 1.29 is 42.9 Å². The van der Waals surface area contributed by atoms with Gasteiger partial charge in [0.15, 0.2) is 12.4 Å². The molecule has 9 heteroatoms. The first kappa shape index (κ1) is 95.4. The number of nitrogens with zero attached hydrogens (tertiary/aromatic N) is 1. The Bertz CT molecular complexity index is 2330. The minimum Gasteiger partial charge on any atom is -0.545 e. The first-order chi connectivity index (χ1) is 49.6. The fourth-order valence-corrected chi connectivity index (χ4v) is 11.0. The van der Waals surface area contributed by atoms with Crippen molar-refractivity contribution in [2.24, 2.45) is 0 Å². The van der Waals surface area contributed by atoms with E-state index < -0.39 is 24.3 Å². The van der Waals surface area contributed by atoms with Crippen LogP contribution in [0.4, 0.5) is 0 Å². The predicted molar refractivity (Wildman–Crippen MR) is 435 cm³/mol. The average molecular weight is 1400 g/mol. The summed E-state index contributed by atoms with van der Waals surface area (Å²) in [6, 6.07) is 0. The molecule has 0 rings (SSSR count). The first-order valence-corrected chi connectivity index (χ1v) is 40.9. The number of likely N-dealkylation sites (N-methyl/N-ethyl adjacent to an activating group) is 1. The summed E-state index contributed by atoms with van der Waals surface area (Å²) < 4.78 is 22.8. The quantitative estimate of drug-likeness (QED) is 0.0195. The van der Waals surface area contributed by atoms with E-state index in [1.807, 2.05) is 21.1 Å². The molecule has 0 aromatic carbocycles. The molecule has 0 N–H and O–H groups in total. The predicted octanol–water partition coefficient (Wildman–Crippen LogP) is 25.4. The molecule has 2 atom stereocenters. The number of allylic oxidation sites excluding steroid dienone is 30. The lowest BCUT2D eigenvalue weighted by atomic mass is 10.0. The van der Waals surface area contributed by atoms with Crippen LogP contribution < -0.4 is 5.11 Å². The molecule has 0 aromatic heterocycles. The summed E-state index contributed by atoms with van der Waals surface area (Å²) in [7, 11) is 5.93. The van der Waals surface area contributed by atoms with Crippen LogP contribution in [-0.4, -0.2) is 82.3 Å². The van der Waals surface area contributed by atoms with Crippen molar-refractivity contribution in [3.8, 4) is 0 Å². The maximum absolute atomic E-state index is 13.0. The van der Waals surface area contributed by atoms with Gasteiger partial charge in [-0.2, -0.15) is 0 Å². The monoisotopic (exact) mass is 1400 g/mol. The number of hydrogen-bond acceptors (Lipinski definition) is 8. The molecular formula is C92H151NO8. The summed E-state index contributed by atoms with van der Waals surface area (Å²) >= 11 is 0. The van der Waals surface area contributed by atoms with Gasteiger partial charge < -0.3 is 33.3 Å². The number of hydrogen-bond donors (Lipinski definition) is 0. The summed E-state index contributed by atoms with van der Waals surface area (Å²) in [6.07, 6.45) is 119. The van der Waals surface area contributed by atoms with Crippen molar-refractivity contribution in [2.75, 3.05) is 47.5 Å². The third kappa shape index (κ3) is 81.6. The van der Waals surface area contributed by atoms with E-state index in [0.29, 0.717) is 17.4 Å². The normalized spacial score (nSPS) is 13.6. The second-order valence-electron chi connectivity index (χ2n) is 27.9. The van der Waals surface area contributed by atoms with Crippen molar-refractivity contribution >= 4 is 17.9 Å². The zero-order valence-electron chi connectivity index (χ0n) is 65.5. The number of carbonyl (C=O) groups excluding carboxylic acids is 3. The lowest BCUT2D eigenvalue weighted by Crippen LogP contribution is -2.44. The first-order valence-electron chi connectivity index (χ1n) is 40.9. The third-order valence-corrected chi connectivity index (χ3v) is 17.1. The lowest BCUT2D eigenvalue weighted by molar-refractivity contribution is -0.870. The average Bonchev–Trinajstić information content (AvgIpc) is 1.21. The summed E-state index contributed by atoms with van der Waals surface area (Å²) in [4.78, 5) is 37.6. The third-order valence-electron chi connectivity index (χ3n) is 17.1. The molecular weight excluding hydrogens is 1250 g/mol. The molecule has 101 heavy (non-hydrogen) atoms. The second-order valence-corrected chi connectivity index (χ2v) is 27.9. The minimum atomic E-state index is -1.64. The van der Waals surface area contributed by atoms with Gasteiger partial charge in [-0.1, -0.05) is 357 Å². The van der Waals surface area contributed by atoms with Crippen LogP contribution in [0.15, 0.2) is 182 Å². The van der Waals surface area contributed by atoms with E-state index in [2.05, 4.69) is 196 Å². The van der Waals surface area contributed by atoms with Crippen LogP contribution in [0.25, 0.3) is 0 Å². The Morgan fingerprint density at radius 1 is 0.297 bits per heavy atom. The molecule has 0 radical (unpaired) electrons. The van der Waals surface area contributed by atoms with E-state index in [0.717, 1.165) is 141 Å². The molecule has 0 aliphatic heterocycles. The SMILES string of the molecule is CC/C=C\C/C=C\C/C=C\C/C=C\C/C=C\C/C=C\C/C=C\C/C=C\C/C=C\C/C=C\C/C=C\CCCCCCCCCC(=O)OC(COC(=O)CCCCCCCCCCCCCCCCCCCCCCCC/C=C\C/C=C\C/C=C\C/C=C\CC)COC(OCC[N+](C)(C)C)C(=O)[O-]. The largest absolute Gasteiger partial charge is 0.545 e. The van der Waals surface area contributed by atoms with Crippen molar-refractivity contribution in [1.82, 2.24) is 0 Å². The highest BCUT2D eigenvalue weighted by atomic mass is 16.7. The maximum Gasteiger partial charge on any atom is 0.306 e. The zero-order chi connectivity index (χ0) is 73.2. The van der Waals surface area contributed by atoms with Gasteiger partial charge in [0.1, 0.15) is 13.2 Å². The molecule has 0 spiro atoms. The molecule has 0 saturated heterocycles. The van der Waals surface area contributed by atoms with E-state index in [1.165, 1.54) is 148 Å². The molecule has 0 fully saturated rings. The summed E-state index contributed by atoms with van der Waals surface area (Å²) in [5.74, 6) is -2.30. The number of esters is 2. The van der Waals surface area contributed by atoms with Crippen LogP contribution >= 0.6 is 0 Å². The van der Waals surface area contributed by atoms with Gasteiger partial charge in [0.25, 0.3) is 0 Å². The Morgan fingerprint density at radius 3 is 0.792 bits per heavy atom. The molecule has 0 aliphatic carbocycles. The van der Waals surface area contributed by atoms with Gasteiger partial charge in [-0.25, -0.2) is 0 Å². The van der Waals surface area contributed by atoms with Gasteiger partial charge in [-0.15, -0.1) is 0 Å². The van der Waals surface area contributed by atoms with Gasteiger partial charge in [0.2, 0.25) is 0 Å². The fourth-order valence-electron chi connectivity index (χ4n) is 11.0. The molecule has 0 aliphatic rings. The number of aliphatic carboxylic acids is 1. The number of rotatable bonds is 74. The van der Waals surface area contributed by atoms with Crippen LogP contribution in [0.5, 0.6) is 0 Å². The second kappa shape index (κ2) is 80.1. The van der Waals surface area contributed by atoms with Crippen LogP contribution in [0, 0.1) is 0 Å². The Kier molecular flexibility index (Phi) is 75.6. The van der Waals surface area contributed by atoms with Crippen LogP contribution in [0.3, 0.4) is 0 Å². The maximum atomic E-state index is 13.0. The number of unbranched alkanes of at least 4 members (excludes halogenated alkanes) is 29. The summed E-state index contributed by atoms with van der Waals surface area (Å²) in [5.41, 5.74) is 0. The van der Waals surface area contributed by atoms with Gasteiger partial charge in [0.05, 0.1) is 40.3 Å². The molecule has 0 aromatic rings. The van der Waals surface area contributed by atoms with E-state index >= 15 is 0 Å². The van der Waals surface area contributed by atoms with E-state index in [1.54, 1.807) is 0 Å². The fraction of sp³-hybridized carbons (Fsp3) is 0.641. The smallest absolute Gasteiger partial charge is 0.306 e. The highest BCUT2D eigenvalue weighted by molar-refractivity contribution is 5.70. The van der Waals surface area contributed by atoms with E-state index in [9.17, 15) is 19.5 Å². The van der Waals surface area contributed by atoms with Crippen LogP contribution in [-0.2, 0) is 33.3 Å². The Labute approximate surface area is 621 Å². The van der Waals surface area contributed by atoms with Crippen molar-refractivity contribution in [2.45, 2.75) is 334 Å². The molecule has 0 saturated carbocycles. The van der Waals surface area contributed by atoms with Gasteiger partial charge in [-0.3, -0.25) is 9.59 Å². The van der Waals surface area contributed by atoms with Crippen molar-refractivity contribution in [3.05, 3.63) is 182 Å². The summed E-state index contributed by atoms with van der Waals surface area (Å²) in [6.45, 7) is 4.52. The van der Waals surface area contributed by atoms with Crippen LogP contribution in [0.1, 0.15) is 322 Å². The molecule has 0 heterocycles. The number of carbonyl (C=O) groups is 3. The molecule has 0 amide bonds. The highest BCUT2D eigenvalue weighted by Gasteiger charge is 2.22. The Balaban J connectivity index is 4.10. The molecule has 9 nitrogen and oxygen atoms in total. The highest BCUT2D eigenvalue weighted by Crippen LogP contribution is 2.18. The molecule has 572 valence electrons. The van der Waals surface area contributed by atoms with Gasteiger partial charge in [0, 0.05) is 12.8 Å². The lowest BCUT2D eigenvalue weighted by Gasteiger charge is -2.26. The van der Waals surface area contributed by atoms with Crippen molar-refractivity contribution in [3.63, 3.8) is 0 Å². The number of carboxylic acid groups (broad SMARTS) is 1. The standard InChI is InChI=1S/C92H151NO8/c1-6-8-10-12-14-16-18-20-22-24-26-28-30-32-34-36-38-40-42-43-44-45-46-47-49-51-53-55-57-59-61-63-65-67-69-71-73-75-77-79-81-83-90(95)101-88(87-100-92(91(96)97)98-85-84-93(3,4)5)86-99-89(94)82-80-78-76-74-72-70-68-66-64-62-60-58-56-54-52-50-48-41-39-37-35-33-31-29-27-25-23-21-19-17-15-13-11-9-7-2/h8-11,14-17,20-23,26-29,32,34,38,40,43-44,46-47,51,53,57,59,63,65,88,92H,6-7,12-13,18-19,24-25,30-31,33,35-37,39,41-42,45,48-50,52,54-56,58,60-62,64,66-87H2,1-5H3/b10-8-,11-9-,16-14-,17-15-,22-20-,23-21-,28-26-,29-27-,34-32-,40-38-,44-43-,47-46-,53-51-,59-57-,65-63-. The van der Waals surface area contributed by atoms with Crippen LogP contribution in [0.2, 0.25) is 0 Å². The minimum absolute atomic E-state index is 0.138. The number of ether oxygens (including phenoxy) is 4. The topological polar surface area (TPSA) is 111 Å². The van der Waals surface area contributed by atoms with Crippen molar-refractivity contribution in [1.29, 1.82) is 0 Å². The number of quaternary nitrogens is 1.